The Balaban J connectivity index is 2.07. The molecule has 88 valence electrons. The van der Waals surface area contributed by atoms with E-state index in [4.69, 9.17) is 0 Å². The average molecular weight is 255 g/mol. The Labute approximate surface area is 99.9 Å². The third-order valence-electron chi connectivity index (χ3n) is 2.05. The summed E-state index contributed by atoms with van der Waals surface area (Å²) in [6.07, 6.45) is 1.52. The molecule has 2 N–H and O–H groups in total. The maximum atomic E-state index is 12.9. The third-order valence-corrected chi connectivity index (χ3v) is 3.04. The molecular formula is C11H9F2N2OS+. The summed E-state index contributed by atoms with van der Waals surface area (Å²) < 4.78 is 25.6. The topological polar surface area (TPSA) is 47.0 Å². The van der Waals surface area contributed by atoms with E-state index in [1.165, 1.54) is 30.1 Å². The van der Waals surface area contributed by atoms with Crippen molar-refractivity contribution in [1.82, 2.24) is 4.98 Å². The van der Waals surface area contributed by atoms with Crippen LogP contribution in [0.2, 0.25) is 0 Å². The lowest BCUT2D eigenvalue weighted by molar-refractivity contribution is -0.434. The van der Waals surface area contributed by atoms with Gasteiger partial charge in [-0.05, 0) is 29.5 Å². The Hall–Kier alpha value is -1.69. The normalized spacial score (nSPS) is 10.5. The van der Waals surface area contributed by atoms with Crippen LogP contribution in [0.5, 0.6) is 0 Å². The molecular weight excluding hydrogens is 246 g/mol. The van der Waals surface area contributed by atoms with Gasteiger partial charge in [-0.3, -0.25) is 0 Å². The van der Waals surface area contributed by atoms with Crippen LogP contribution in [-0.2, 0) is 5.75 Å². The molecule has 1 aromatic heterocycles. The fourth-order valence-electron chi connectivity index (χ4n) is 1.25. The molecule has 6 heteroatoms. The van der Waals surface area contributed by atoms with Gasteiger partial charge < -0.3 is 0 Å². The molecule has 0 atom stereocenters. The van der Waals surface area contributed by atoms with E-state index in [1.54, 1.807) is 0 Å². The Kier molecular flexibility index (Phi) is 3.53. The summed E-state index contributed by atoms with van der Waals surface area (Å²) in [5.74, 6) is -1.29. The van der Waals surface area contributed by atoms with Crippen molar-refractivity contribution in [1.29, 1.82) is 0 Å². The molecule has 0 radical (unpaired) electrons. The number of thioether (sulfide) groups is 1. The first-order valence-electron chi connectivity index (χ1n) is 4.83. The molecule has 3 nitrogen and oxygen atoms in total. The van der Waals surface area contributed by atoms with Crippen molar-refractivity contribution in [3.8, 4) is 0 Å². The molecule has 2 rings (SSSR count). The van der Waals surface area contributed by atoms with Crippen LogP contribution in [0.1, 0.15) is 5.56 Å². The molecule has 0 spiro atoms. The Morgan fingerprint density at radius 2 is 2.06 bits per heavy atom. The van der Waals surface area contributed by atoms with E-state index in [0.717, 1.165) is 12.1 Å². The summed E-state index contributed by atoms with van der Waals surface area (Å²) in [5, 5.41) is 0.572. The van der Waals surface area contributed by atoms with Gasteiger partial charge in [0.25, 0.3) is 0 Å². The second kappa shape index (κ2) is 5.09. The SMILES string of the molecule is O=c1cc[nH+]c(SCc2ccc(F)c(F)c2)[nH]1. The number of hydrogen-bond donors (Lipinski definition) is 1. The average Bonchev–Trinajstić information content (AvgIpc) is 2.31. The number of aromatic amines is 2. The van der Waals surface area contributed by atoms with Crippen molar-refractivity contribution >= 4 is 11.8 Å². The summed E-state index contributed by atoms with van der Waals surface area (Å²) in [6.45, 7) is 0. The van der Waals surface area contributed by atoms with Gasteiger partial charge >= 0.3 is 10.7 Å². The van der Waals surface area contributed by atoms with E-state index in [-0.39, 0.29) is 5.56 Å². The predicted molar refractivity (Wildman–Crippen MR) is 59.5 cm³/mol. The van der Waals surface area contributed by atoms with Gasteiger partial charge in [-0.2, -0.15) is 0 Å². The van der Waals surface area contributed by atoms with E-state index in [1.807, 2.05) is 0 Å². The molecule has 0 unspecified atom stereocenters. The number of nitrogens with one attached hydrogen (secondary N) is 2. The second-order valence-corrected chi connectivity index (χ2v) is 4.32. The molecule has 17 heavy (non-hydrogen) atoms. The molecule has 2 aromatic rings. The Bertz CT molecular complexity index is 586. The van der Waals surface area contributed by atoms with Crippen LogP contribution < -0.4 is 10.5 Å². The zero-order valence-electron chi connectivity index (χ0n) is 8.67. The quantitative estimate of drug-likeness (QED) is 0.671. The highest BCUT2D eigenvalue weighted by atomic mass is 32.2. The maximum Gasteiger partial charge on any atom is 0.335 e. The Morgan fingerprint density at radius 3 is 2.76 bits per heavy atom. The van der Waals surface area contributed by atoms with E-state index in [2.05, 4.69) is 9.97 Å². The molecule has 0 aliphatic heterocycles. The fraction of sp³-hybridized carbons (Fsp3) is 0.0909. The number of aromatic nitrogens is 2. The number of hydrogen-bond acceptors (Lipinski definition) is 2. The standard InChI is InChI=1S/C11H8F2N2OS/c12-8-2-1-7(5-9(8)13)6-17-11-14-4-3-10(16)15-11/h1-5H,6H2,(H,14,15,16)/p+1. The number of H-pyrrole nitrogens is 2. The smallest absolute Gasteiger partial charge is 0.241 e. The summed E-state index contributed by atoms with van der Waals surface area (Å²) >= 11 is 1.30. The van der Waals surface area contributed by atoms with Crippen LogP contribution in [-0.4, -0.2) is 4.98 Å². The van der Waals surface area contributed by atoms with E-state index >= 15 is 0 Å². The number of halogens is 2. The lowest BCUT2D eigenvalue weighted by atomic mass is 10.2. The van der Waals surface area contributed by atoms with E-state index < -0.39 is 11.6 Å². The molecule has 1 heterocycles. The zero-order valence-corrected chi connectivity index (χ0v) is 9.48. The van der Waals surface area contributed by atoms with Gasteiger partial charge in [-0.25, -0.2) is 23.5 Å². The number of benzene rings is 1. The van der Waals surface area contributed by atoms with Crippen LogP contribution in [0.4, 0.5) is 8.78 Å². The van der Waals surface area contributed by atoms with Crippen LogP contribution in [0, 0.1) is 11.6 Å². The van der Waals surface area contributed by atoms with Crippen LogP contribution in [0.15, 0.2) is 40.4 Å². The highest BCUT2D eigenvalue weighted by Crippen LogP contribution is 2.18. The summed E-state index contributed by atoms with van der Waals surface area (Å²) in [7, 11) is 0. The summed E-state index contributed by atoms with van der Waals surface area (Å²) in [5.41, 5.74) is 0.434. The minimum Gasteiger partial charge on any atom is -0.241 e. The molecule has 0 saturated heterocycles. The maximum absolute atomic E-state index is 12.9. The summed E-state index contributed by atoms with van der Waals surface area (Å²) in [4.78, 5) is 16.4. The lowest BCUT2D eigenvalue weighted by Crippen LogP contribution is -2.16. The first kappa shape index (κ1) is 11.8. The minimum absolute atomic E-state index is 0.212. The first-order valence-corrected chi connectivity index (χ1v) is 5.81. The predicted octanol–water partition coefficient (Wildman–Crippen LogP) is 1.76. The molecule has 0 amide bonds. The van der Waals surface area contributed by atoms with Crippen molar-refractivity contribution in [3.05, 3.63) is 58.0 Å². The minimum atomic E-state index is -0.867. The van der Waals surface area contributed by atoms with Gasteiger partial charge in [0.1, 0.15) is 0 Å². The highest BCUT2D eigenvalue weighted by Gasteiger charge is 2.06. The molecule has 0 aliphatic carbocycles. The van der Waals surface area contributed by atoms with Gasteiger partial charge in [0.05, 0.1) is 12.3 Å². The summed E-state index contributed by atoms with van der Waals surface area (Å²) in [6, 6.07) is 5.10. The fourth-order valence-corrected chi connectivity index (χ4v) is 2.06. The van der Waals surface area contributed by atoms with Gasteiger partial charge in [-0.1, -0.05) is 6.07 Å². The number of rotatable bonds is 3. The van der Waals surface area contributed by atoms with Crippen molar-refractivity contribution in [2.45, 2.75) is 10.9 Å². The van der Waals surface area contributed by atoms with Crippen molar-refractivity contribution in [2.24, 2.45) is 0 Å². The largest absolute Gasteiger partial charge is 0.335 e. The third kappa shape index (κ3) is 3.13. The van der Waals surface area contributed by atoms with Crippen LogP contribution in [0.3, 0.4) is 0 Å². The van der Waals surface area contributed by atoms with Crippen molar-refractivity contribution in [2.75, 3.05) is 0 Å². The molecule has 0 aliphatic rings. The van der Waals surface area contributed by atoms with Gasteiger partial charge in [0.2, 0.25) is 0 Å². The monoisotopic (exact) mass is 255 g/mol. The lowest BCUT2D eigenvalue weighted by Gasteiger charge is -1.99. The zero-order chi connectivity index (χ0) is 12.3. The van der Waals surface area contributed by atoms with Crippen LogP contribution in [0.25, 0.3) is 0 Å². The second-order valence-electron chi connectivity index (χ2n) is 3.33. The van der Waals surface area contributed by atoms with E-state index in [9.17, 15) is 13.6 Å². The van der Waals surface area contributed by atoms with Gasteiger partial charge in [0, 0.05) is 5.75 Å². The first-order chi connectivity index (χ1) is 8.15. The molecule has 0 fully saturated rings. The molecule has 0 saturated carbocycles. The van der Waals surface area contributed by atoms with Crippen LogP contribution >= 0.6 is 11.8 Å². The van der Waals surface area contributed by atoms with Gasteiger partial charge in [-0.15, -0.1) is 0 Å². The molecule has 0 bridgehead atoms. The van der Waals surface area contributed by atoms with Gasteiger partial charge in [0.15, 0.2) is 11.6 Å². The van der Waals surface area contributed by atoms with Crippen molar-refractivity contribution in [3.63, 3.8) is 0 Å². The Morgan fingerprint density at radius 1 is 1.24 bits per heavy atom. The molecule has 1 aromatic carbocycles. The van der Waals surface area contributed by atoms with Crippen molar-refractivity contribution < 1.29 is 13.8 Å². The highest BCUT2D eigenvalue weighted by molar-refractivity contribution is 7.98. The van der Waals surface area contributed by atoms with E-state index in [0.29, 0.717) is 16.5 Å².